The number of aryl methyl sites for hydroxylation is 1. The predicted molar refractivity (Wildman–Crippen MR) is 123 cm³/mol. The molecule has 30 heavy (non-hydrogen) atoms. The molecule has 0 aliphatic heterocycles. The van der Waals surface area contributed by atoms with Crippen LogP contribution in [0.3, 0.4) is 0 Å². The molecule has 0 unspecified atom stereocenters. The zero-order chi connectivity index (χ0) is 21.6. The zero-order valence-electron chi connectivity index (χ0n) is 18.1. The van der Waals surface area contributed by atoms with Crippen LogP contribution in [0.1, 0.15) is 43.0 Å². The van der Waals surface area contributed by atoms with Crippen LogP contribution in [0.15, 0.2) is 89.9 Å². The molecule has 0 amide bonds. The summed E-state index contributed by atoms with van der Waals surface area (Å²) < 4.78 is 5.74. The molecular weight excluding hydrogens is 370 g/mol. The van der Waals surface area contributed by atoms with Gasteiger partial charge in [-0.3, -0.25) is 4.99 Å². The van der Waals surface area contributed by atoms with Crippen LogP contribution in [0, 0.1) is 6.92 Å². The number of rotatable bonds is 6. The molecule has 0 spiro atoms. The molecule has 0 bridgehead atoms. The van der Waals surface area contributed by atoms with E-state index in [0.717, 1.165) is 28.0 Å². The molecule has 0 aliphatic carbocycles. The van der Waals surface area contributed by atoms with E-state index < -0.39 is 11.6 Å². The maximum atomic E-state index is 13.1. The Balaban J connectivity index is 2.08. The van der Waals surface area contributed by atoms with Crippen LogP contribution in [-0.4, -0.2) is 23.3 Å². The second kappa shape index (κ2) is 9.53. The number of benzene rings is 3. The number of nitrogens with zero attached hydrogens (tertiary/aromatic N) is 1. The van der Waals surface area contributed by atoms with Crippen molar-refractivity contribution in [2.24, 2.45) is 4.99 Å². The second-order valence-corrected chi connectivity index (χ2v) is 8.39. The molecule has 3 aromatic rings. The molecule has 0 saturated carbocycles. The highest BCUT2D eigenvalue weighted by Crippen LogP contribution is 2.19. The van der Waals surface area contributed by atoms with Crippen LogP contribution < -0.4 is 0 Å². The number of hydrogen-bond acceptors (Lipinski definition) is 3. The van der Waals surface area contributed by atoms with Gasteiger partial charge in [0.15, 0.2) is 6.04 Å². The molecule has 3 rings (SSSR count). The number of aliphatic imine (C=N–C) groups is 1. The van der Waals surface area contributed by atoms with E-state index in [9.17, 15) is 4.79 Å². The van der Waals surface area contributed by atoms with Crippen molar-refractivity contribution in [3.05, 3.63) is 107 Å². The Bertz CT molecular complexity index is 960. The van der Waals surface area contributed by atoms with Gasteiger partial charge in [-0.2, -0.15) is 0 Å². The fourth-order valence-electron chi connectivity index (χ4n) is 3.26. The number of ether oxygens (including phenoxy) is 1. The number of hydrogen-bond donors (Lipinski definition) is 0. The Hall–Kier alpha value is -3.20. The molecule has 0 radical (unpaired) electrons. The molecule has 3 heteroatoms. The van der Waals surface area contributed by atoms with Crippen LogP contribution in [0.4, 0.5) is 0 Å². The van der Waals surface area contributed by atoms with Gasteiger partial charge in [-0.1, -0.05) is 84.9 Å². The maximum Gasteiger partial charge on any atom is 0.331 e. The minimum absolute atomic E-state index is 0.310. The SMILES string of the molecule is Cc1ccccc1C[C@H](N=C(c1ccccc1)c1ccccc1)C(=O)OC(C)(C)C. The summed E-state index contributed by atoms with van der Waals surface area (Å²) in [6.07, 6.45) is 0.491. The molecule has 0 fully saturated rings. The van der Waals surface area contributed by atoms with Crippen molar-refractivity contribution >= 4 is 11.7 Å². The molecule has 0 N–H and O–H groups in total. The topological polar surface area (TPSA) is 38.7 Å². The monoisotopic (exact) mass is 399 g/mol. The first-order chi connectivity index (χ1) is 14.3. The van der Waals surface area contributed by atoms with E-state index in [-0.39, 0.29) is 5.97 Å². The van der Waals surface area contributed by atoms with Crippen molar-refractivity contribution in [2.45, 2.75) is 45.8 Å². The minimum Gasteiger partial charge on any atom is -0.458 e. The van der Waals surface area contributed by atoms with Crippen molar-refractivity contribution in [1.82, 2.24) is 0 Å². The Morgan fingerprint density at radius 3 is 1.83 bits per heavy atom. The average Bonchev–Trinajstić information content (AvgIpc) is 2.72. The molecule has 154 valence electrons. The number of esters is 1. The zero-order valence-corrected chi connectivity index (χ0v) is 18.1. The third-order valence-electron chi connectivity index (χ3n) is 4.73. The first kappa shape index (κ1) is 21.5. The van der Waals surface area contributed by atoms with Gasteiger partial charge >= 0.3 is 5.97 Å². The molecule has 0 saturated heterocycles. The predicted octanol–water partition coefficient (Wildman–Crippen LogP) is 5.79. The summed E-state index contributed by atoms with van der Waals surface area (Å²) in [4.78, 5) is 18.1. The molecule has 3 aromatic carbocycles. The van der Waals surface area contributed by atoms with Gasteiger partial charge in [-0.05, 0) is 38.8 Å². The van der Waals surface area contributed by atoms with Crippen LogP contribution in [0.2, 0.25) is 0 Å². The quantitative estimate of drug-likeness (QED) is 0.389. The maximum absolute atomic E-state index is 13.1. The van der Waals surface area contributed by atoms with E-state index in [1.165, 1.54) is 0 Å². The lowest BCUT2D eigenvalue weighted by Crippen LogP contribution is -2.33. The third kappa shape index (κ3) is 5.90. The average molecular weight is 400 g/mol. The van der Waals surface area contributed by atoms with E-state index in [1.54, 1.807) is 0 Å². The van der Waals surface area contributed by atoms with Crippen molar-refractivity contribution in [2.75, 3.05) is 0 Å². The molecule has 0 heterocycles. The largest absolute Gasteiger partial charge is 0.458 e. The van der Waals surface area contributed by atoms with Crippen molar-refractivity contribution in [3.8, 4) is 0 Å². The fraction of sp³-hybridized carbons (Fsp3) is 0.259. The van der Waals surface area contributed by atoms with Crippen LogP contribution in [0.25, 0.3) is 0 Å². The van der Waals surface area contributed by atoms with Gasteiger partial charge in [0.1, 0.15) is 5.60 Å². The van der Waals surface area contributed by atoms with Gasteiger partial charge in [-0.15, -0.1) is 0 Å². The normalized spacial score (nSPS) is 12.1. The summed E-state index contributed by atoms with van der Waals surface area (Å²) in [5.41, 5.74) is 4.40. The van der Waals surface area contributed by atoms with E-state index in [1.807, 2.05) is 99.6 Å². The van der Waals surface area contributed by atoms with E-state index in [4.69, 9.17) is 9.73 Å². The highest BCUT2D eigenvalue weighted by Gasteiger charge is 2.26. The summed E-state index contributed by atoms with van der Waals surface area (Å²) in [5.74, 6) is -0.310. The summed E-state index contributed by atoms with van der Waals surface area (Å²) >= 11 is 0. The second-order valence-electron chi connectivity index (χ2n) is 8.39. The van der Waals surface area contributed by atoms with Gasteiger partial charge in [-0.25, -0.2) is 4.79 Å². The lowest BCUT2D eigenvalue weighted by Gasteiger charge is -2.23. The minimum atomic E-state index is -0.638. The third-order valence-corrected chi connectivity index (χ3v) is 4.73. The summed E-state index contributed by atoms with van der Waals surface area (Å²) in [6, 6.07) is 27.4. The van der Waals surface area contributed by atoms with Gasteiger partial charge in [0, 0.05) is 17.5 Å². The Labute approximate surface area is 179 Å². The smallest absolute Gasteiger partial charge is 0.331 e. The Morgan fingerprint density at radius 1 is 0.833 bits per heavy atom. The number of carbonyl (C=O) groups excluding carboxylic acids is 1. The van der Waals surface area contributed by atoms with Crippen LogP contribution >= 0.6 is 0 Å². The molecule has 0 aromatic heterocycles. The van der Waals surface area contributed by atoms with Crippen molar-refractivity contribution in [3.63, 3.8) is 0 Å². The molecule has 1 atom stereocenters. The van der Waals surface area contributed by atoms with Gasteiger partial charge < -0.3 is 4.74 Å². The Morgan fingerprint density at radius 2 is 1.33 bits per heavy atom. The van der Waals surface area contributed by atoms with Crippen LogP contribution in [0.5, 0.6) is 0 Å². The lowest BCUT2D eigenvalue weighted by atomic mass is 9.99. The van der Waals surface area contributed by atoms with E-state index in [2.05, 4.69) is 13.0 Å². The fourth-order valence-corrected chi connectivity index (χ4v) is 3.26. The molecule has 0 aliphatic rings. The molecular formula is C27H29NO2. The summed E-state index contributed by atoms with van der Waals surface area (Å²) in [6.45, 7) is 7.71. The van der Waals surface area contributed by atoms with Crippen molar-refractivity contribution in [1.29, 1.82) is 0 Å². The van der Waals surface area contributed by atoms with Gasteiger partial charge in [0.05, 0.1) is 5.71 Å². The van der Waals surface area contributed by atoms with Gasteiger partial charge in [0.25, 0.3) is 0 Å². The van der Waals surface area contributed by atoms with E-state index in [0.29, 0.717) is 6.42 Å². The van der Waals surface area contributed by atoms with Gasteiger partial charge in [0.2, 0.25) is 0 Å². The highest BCUT2D eigenvalue weighted by molar-refractivity contribution is 6.13. The Kier molecular flexibility index (Phi) is 6.83. The van der Waals surface area contributed by atoms with Crippen LogP contribution in [-0.2, 0) is 16.0 Å². The first-order valence-electron chi connectivity index (χ1n) is 10.3. The lowest BCUT2D eigenvalue weighted by molar-refractivity contribution is -0.156. The van der Waals surface area contributed by atoms with Crippen molar-refractivity contribution < 1.29 is 9.53 Å². The highest BCUT2D eigenvalue weighted by atomic mass is 16.6. The summed E-state index contributed by atoms with van der Waals surface area (Å²) in [5, 5.41) is 0. The first-order valence-corrected chi connectivity index (χ1v) is 10.3. The number of carbonyl (C=O) groups is 1. The summed E-state index contributed by atoms with van der Waals surface area (Å²) in [7, 11) is 0. The standard InChI is InChI=1S/C27H29NO2/c1-20-13-11-12-18-23(20)19-24(26(29)30-27(2,3)4)28-25(21-14-7-5-8-15-21)22-16-9-6-10-17-22/h5-18,24H,19H2,1-4H3/t24-/m0/s1. The van der Waals surface area contributed by atoms with E-state index >= 15 is 0 Å². The molecule has 3 nitrogen and oxygen atoms in total.